The lowest BCUT2D eigenvalue weighted by atomic mass is 9.77. The summed E-state index contributed by atoms with van der Waals surface area (Å²) in [5, 5.41) is 9.62. The SMILES string of the molecule is CC(C)(C[C@@H]1C2[C@H]3C[C@@H](C[C@@H]1N3CC1CC1)CN2C(=O)CC(F)(F)F)C(=O)O. The van der Waals surface area contributed by atoms with Crippen LogP contribution in [0.1, 0.15) is 52.4 Å². The van der Waals surface area contributed by atoms with Crippen LogP contribution in [0.3, 0.4) is 0 Å². The van der Waals surface area contributed by atoms with Crippen molar-refractivity contribution in [3.8, 4) is 0 Å². The van der Waals surface area contributed by atoms with Crippen LogP contribution in [0.5, 0.6) is 0 Å². The molecule has 1 amide bonds. The van der Waals surface area contributed by atoms with Gasteiger partial charge in [0.1, 0.15) is 6.42 Å². The van der Waals surface area contributed by atoms with E-state index in [0.29, 0.717) is 18.9 Å². The molecule has 0 aromatic carbocycles. The van der Waals surface area contributed by atoms with Crippen molar-refractivity contribution >= 4 is 11.9 Å². The van der Waals surface area contributed by atoms with Crippen LogP contribution in [-0.2, 0) is 9.59 Å². The van der Waals surface area contributed by atoms with Crippen molar-refractivity contribution in [2.75, 3.05) is 13.1 Å². The number of hydrogen-bond donors (Lipinski definition) is 1. The van der Waals surface area contributed by atoms with Crippen molar-refractivity contribution in [1.82, 2.24) is 9.80 Å². The minimum absolute atomic E-state index is 0.0740. The monoisotopic (exact) mass is 402 g/mol. The maximum atomic E-state index is 12.9. The van der Waals surface area contributed by atoms with Crippen LogP contribution in [0.2, 0.25) is 0 Å². The van der Waals surface area contributed by atoms with E-state index in [-0.39, 0.29) is 30.0 Å². The Morgan fingerprint density at radius 2 is 1.75 bits per heavy atom. The Labute approximate surface area is 163 Å². The fourth-order valence-corrected chi connectivity index (χ4v) is 5.90. The van der Waals surface area contributed by atoms with E-state index in [0.717, 1.165) is 19.4 Å². The molecule has 3 heterocycles. The van der Waals surface area contributed by atoms with Gasteiger partial charge in [0.05, 0.1) is 11.5 Å². The van der Waals surface area contributed by atoms with Gasteiger partial charge in [0.2, 0.25) is 5.91 Å². The van der Waals surface area contributed by atoms with E-state index in [4.69, 9.17) is 0 Å². The molecule has 158 valence electrons. The van der Waals surface area contributed by atoms with Gasteiger partial charge in [-0.3, -0.25) is 14.5 Å². The van der Waals surface area contributed by atoms with E-state index in [2.05, 4.69) is 4.90 Å². The first kappa shape index (κ1) is 20.0. The van der Waals surface area contributed by atoms with Crippen LogP contribution in [0, 0.1) is 23.2 Å². The van der Waals surface area contributed by atoms with E-state index in [1.54, 1.807) is 13.8 Å². The Kier molecular flexibility index (Phi) is 4.71. The highest BCUT2D eigenvalue weighted by Crippen LogP contribution is 2.53. The van der Waals surface area contributed by atoms with Gasteiger partial charge in [-0.15, -0.1) is 0 Å². The van der Waals surface area contributed by atoms with Crippen molar-refractivity contribution in [3.05, 3.63) is 0 Å². The van der Waals surface area contributed by atoms with Gasteiger partial charge in [-0.05, 0) is 63.7 Å². The van der Waals surface area contributed by atoms with Gasteiger partial charge < -0.3 is 10.0 Å². The largest absolute Gasteiger partial charge is 0.481 e. The summed E-state index contributed by atoms with van der Waals surface area (Å²) in [6, 6.07) is -0.0440. The second kappa shape index (κ2) is 6.61. The van der Waals surface area contributed by atoms with E-state index >= 15 is 0 Å². The lowest BCUT2D eigenvalue weighted by Gasteiger charge is -2.47. The van der Waals surface area contributed by atoms with Crippen LogP contribution < -0.4 is 0 Å². The predicted octanol–water partition coefficient (Wildman–Crippen LogP) is 3.14. The number of carboxylic acids is 1. The number of carbonyl (C=O) groups excluding carboxylic acids is 1. The van der Waals surface area contributed by atoms with E-state index < -0.39 is 29.9 Å². The Morgan fingerprint density at radius 3 is 2.32 bits per heavy atom. The lowest BCUT2D eigenvalue weighted by Crippen LogP contribution is -2.58. The number of rotatable bonds is 6. The predicted molar refractivity (Wildman–Crippen MR) is 95.4 cm³/mol. The van der Waals surface area contributed by atoms with E-state index in [1.165, 1.54) is 17.7 Å². The second-order valence-corrected chi connectivity index (χ2v) is 10.00. The summed E-state index contributed by atoms with van der Waals surface area (Å²) >= 11 is 0. The molecule has 1 unspecified atom stereocenters. The first-order chi connectivity index (χ1) is 13.0. The molecule has 1 aliphatic carbocycles. The van der Waals surface area contributed by atoms with Crippen LogP contribution in [0.15, 0.2) is 0 Å². The van der Waals surface area contributed by atoms with Gasteiger partial charge in [-0.2, -0.15) is 13.2 Å². The molecule has 4 rings (SSSR count). The summed E-state index contributed by atoms with van der Waals surface area (Å²) in [6.45, 7) is 4.67. The number of fused-ring (bicyclic) bond motifs is 2. The van der Waals surface area contributed by atoms with Crippen molar-refractivity contribution in [3.63, 3.8) is 0 Å². The fraction of sp³-hybridized carbons (Fsp3) is 0.900. The zero-order chi connectivity index (χ0) is 20.4. The van der Waals surface area contributed by atoms with Crippen molar-refractivity contribution < 1.29 is 27.9 Å². The molecule has 5 atom stereocenters. The maximum absolute atomic E-state index is 12.9. The van der Waals surface area contributed by atoms with Gasteiger partial charge in [0, 0.05) is 25.2 Å². The first-order valence-electron chi connectivity index (χ1n) is 10.3. The summed E-state index contributed by atoms with van der Waals surface area (Å²) < 4.78 is 38.7. The summed E-state index contributed by atoms with van der Waals surface area (Å²) in [5.41, 5.74) is -0.968. The second-order valence-electron chi connectivity index (χ2n) is 10.00. The number of amides is 1. The molecule has 1 saturated carbocycles. The van der Waals surface area contributed by atoms with Crippen LogP contribution in [-0.4, -0.2) is 64.2 Å². The third-order valence-electron chi connectivity index (χ3n) is 7.31. The highest BCUT2D eigenvalue weighted by atomic mass is 19.4. The molecule has 4 aliphatic rings. The highest BCUT2D eigenvalue weighted by Gasteiger charge is 2.60. The number of likely N-dealkylation sites (tertiary alicyclic amines) is 1. The molecule has 3 saturated heterocycles. The molecule has 5 nitrogen and oxygen atoms in total. The first-order valence-corrected chi connectivity index (χ1v) is 10.3. The zero-order valence-corrected chi connectivity index (χ0v) is 16.4. The number of carbonyl (C=O) groups is 2. The number of carboxylic acid groups (broad SMARTS) is 1. The summed E-state index contributed by atoms with van der Waals surface area (Å²) in [4.78, 5) is 28.2. The highest BCUT2D eigenvalue weighted by molar-refractivity contribution is 5.78. The Bertz CT molecular complexity index is 662. The molecule has 0 aromatic rings. The van der Waals surface area contributed by atoms with Gasteiger partial charge in [0.15, 0.2) is 0 Å². The molecule has 3 bridgehead atoms. The maximum Gasteiger partial charge on any atom is 0.397 e. The van der Waals surface area contributed by atoms with Crippen molar-refractivity contribution in [1.29, 1.82) is 0 Å². The molecule has 8 heteroatoms. The van der Waals surface area contributed by atoms with Crippen molar-refractivity contribution in [2.24, 2.45) is 23.2 Å². The van der Waals surface area contributed by atoms with Gasteiger partial charge in [-0.1, -0.05) is 0 Å². The molecule has 0 radical (unpaired) electrons. The topological polar surface area (TPSA) is 60.9 Å². The zero-order valence-electron chi connectivity index (χ0n) is 16.4. The molecule has 0 spiro atoms. The number of nitrogens with zero attached hydrogens (tertiary/aromatic N) is 2. The van der Waals surface area contributed by atoms with Gasteiger partial charge >= 0.3 is 12.1 Å². The number of hydrogen-bond acceptors (Lipinski definition) is 3. The Hall–Kier alpha value is -1.31. The minimum Gasteiger partial charge on any atom is -0.481 e. The summed E-state index contributed by atoms with van der Waals surface area (Å²) in [7, 11) is 0. The average molecular weight is 402 g/mol. The number of piperidine rings is 2. The smallest absolute Gasteiger partial charge is 0.397 e. The van der Waals surface area contributed by atoms with Gasteiger partial charge in [-0.25, -0.2) is 0 Å². The van der Waals surface area contributed by atoms with Crippen LogP contribution in [0.25, 0.3) is 0 Å². The lowest BCUT2D eigenvalue weighted by molar-refractivity contribution is -0.166. The number of alkyl halides is 3. The van der Waals surface area contributed by atoms with Crippen LogP contribution in [0.4, 0.5) is 13.2 Å². The standard InChI is InChI=1S/C20H29F3N2O3/c1-19(2,18(27)28)7-13-14-5-12-6-15(24(14)9-11-3-4-11)17(13)25(10-12)16(26)8-20(21,22)23/h11-15,17H,3-10H2,1-2H3,(H,27,28)/t12-,13+,14+,15-,17?/m1/s1. The molecule has 0 aromatic heterocycles. The van der Waals surface area contributed by atoms with E-state index in [1.807, 2.05) is 0 Å². The average Bonchev–Trinajstić information content (AvgIpc) is 3.35. The third kappa shape index (κ3) is 3.64. The quantitative estimate of drug-likeness (QED) is 0.742. The summed E-state index contributed by atoms with van der Waals surface area (Å²) in [5.74, 6) is -0.965. The minimum atomic E-state index is -4.52. The van der Waals surface area contributed by atoms with Crippen LogP contribution >= 0.6 is 0 Å². The fourth-order valence-electron chi connectivity index (χ4n) is 5.90. The molecule has 4 fully saturated rings. The van der Waals surface area contributed by atoms with E-state index in [9.17, 15) is 27.9 Å². The summed E-state index contributed by atoms with van der Waals surface area (Å²) in [6.07, 6.45) is -1.42. The van der Waals surface area contributed by atoms with Gasteiger partial charge in [0.25, 0.3) is 0 Å². The molecule has 1 N–H and O–H groups in total. The molecule has 28 heavy (non-hydrogen) atoms. The third-order valence-corrected chi connectivity index (χ3v) is 7.31. The molecular weight excluding hydrogens is 373 g/mol. The number of aliphatic carboxylic acids is 1. The normalized spacial score (nSPS) is 35.5. The van der Waals surface area contributed by atoms with Crippen molar-refractivity contribution in [2.45, 2.75) is 76.7 Å². The molecular formula is C20H29F3N2O3. The molecule has 3 aliphatic heterocycles. The Balaban J connectivity index is 1.63. The Morgan fingerprint density at radius 1 is 1.11 bits per heavy atom. The number of halogens is 3.